The van der Waals surface area contributed by atoms with Crippen LogP contribution in [0.2, 0.25) is 0 Å². The number of aryl methyl sites for hydroxylation is 2. The van der Waals surface area contributed by atoms with Crippen molar-refractivity contribution in [2.45, 2.75) is 65.7 Å². The van der Waals surface area contributed by atoms with Crippen molar-refractivity contribution in [2.75, 3.05) is 11.5 Å². The number of anilines is 1. The Kier molecular flexibility index (Phi) is 5.61. The minimum atomic E-state index is -0.410. The summed E-state index contributed by atoms with van der Waals surface area (Å²) in [5.74, 6) is 0.142. The van der Waals surface area contributed by atoms with E-state index in [-0.39, 0.29) is 16.2 Å². The Morgan fingerprint density at radius 1 is 1.00 bits per heavy atom. The van der Waals surface area contributed by atoms with Crippen LogP contribution in [-0.2, 0) is 4.79 Å². The molecule has 1 aromatic carbocycles. The number of rotatable bonds is 3. The Morgan fingerprint density at radius 2 is 1.43 bits per heavy atom. The number of carbonyl (C=O) groups is 1. The van der Waals surface area contributed by atoms with Gasteiger partial charge in [0.15, 0.2) is 0 Å². The topological polar surface area (TPSA) is 29.1 Å². The van der Waals surface area contributed by atoms with Crippen LogP contribution >= 0.6 is 7.92 Å². The summed E-state index contributed by atoms with van der Waals surface area (Å²) in [5, 5.41) is 3.48. The number of para-hydroxylation sites is 1. The van der Waals surface area contributed by atoms with Gasteiger partial charge in [-0.3, -0.25) is 4.79 Å². The minimum Gasteiger partial charge on any atom is -0.325 e. The van der Waals surface area contributed by atoms with E-state index in [1.165, 1.54) is 0 Å². The quantitative estimate of drug-likeness (QED) is 0.752. The Bertz CT molecular complexity index is 475. The van der Waals surface area contributed by atoms with Gasteiger partial charge in [0.1, 0.15) is 0 Å². The Labute approximate surface area is 131 Å². The predicted molar refractivity (Wildman–Crippen MR) is 95.8 cm³/mol. The van der Waals surface area contributed by atoms with Crippen LogP contribution in [0.15, 0.2) is 18.2 Å². The van der Waals surface area contributed by atoms with E-state index in [1.54, 1.807) is 0 Å². The summed E-state index contributed by atoms with van der Waals surface area (Å²) in [6.07, 6.45) is 0.621. The minimum absolute atomic E-state index is 0.142. The van der Waals surface area contributed by atoms with E-state index in [9.17, 15) is 4.79 Å². The van der Waals surface area contributed by atoms with Crippen LogP contribution in [0.4, 0.5) is 5.69 Å². The summed E-state index contributed by atoms with van der Waals surface area (Å²) >= 11 is 0. The lowest BCUT2D eigenvalue weighted by Gasteiger charge is -2.41. The van der Waals surface area contributed by atoms with Crippen molar-refractivity contribution in [3.8, 4) is 0 Å². The molecule has 0 saturated heterocycles. The maximum atomic E-state index is 12.5. The molecule has 0 spiro atoms. The monoisotopic (exact) mass is 307 g/mol. The predicted octanol–water partition coefficient (Wildman–Crippen LogP) is 5.32. The molecule has 0 aliphatic heterocycles. The number of nitrogens with one attached hydrogen (secondary N) is 1. The molecule has 0 atom stereocenters. The maximum Gasteiger partial charge on any atom is 0.228 e. The van der Waals surface area contributed by atoms with E-state index in [1.807, 2.05) is 32.0 Å². The first-order valence-corrected chi connectivity index (χ1v) is 9.09. The van der Waals surface area contributed by atoms with E-state index in [0.29, 0.717) is 6.16 Å². The van der Waals surface area contributed by atoms with Crippen LogP contribution in [0, 0.1) is 13.8 Å². The largest absolute Gasteiger partial charge is 0.325 e. The molecule has 3 heteroatoms. The fourth-order valence-corrected chi connectivity index (χ4v) is 6.14. The third-order valence-electron chi connectivity index (χ3n) is 3.67. The third kappa shape index (κ3) is 5.11. The number of hydrogen-bond acceptors (Lipinski definition) is 1. The molecule has 118 valence electrons. The van der Waals surface area contributed by atoms with Gasteiger partial charge in [-0.05, 0) is 35.3 Å². The highest BCUT2D eigenvalue weighted by Crippen LogP contribution is 2.58. The van der Waals surface area contributed by atoms with E-state index in [0.717, 1.165) is 16.8 Å². The fraction of sp³-hybridized carbons (Fsp3) is 0.611. The normalized spacial score (nSPS) is 12.6. The summed E-state index contributed by atoms with van der Waals surface area (Å²) < 4.78 is 0. The van der Waals surface area contributed by atoms with Gasteiger partial charge in [0.25, 0.3) is 0 Å². The van der Waals surface area contributed by atoms with Crippen LogP contribution in [0.3, 0.4) is 0 Å². The van der Waals surface area contributed by atoms with Gasteiger partial charge >= 0.3 is 0 Å². The van der Waals surface area contributed by atoms with Crippen molar-refractivity contribution in [3.63, 3.8) is 0 Å². The van der Waals surface area contributed by atoms with Gasteiger partial charge in [0.2, 0.25) is 5.91 Å². The number of hydrogen-bond donors (Lipinski definition) is 1. The van der Waals surface area contributed by atoms with Crippen molar-refractivity contribution in [1.82, 2.24) is 0 Å². The lowest BCUT2D eigenvalue weighted by Crippen LogP contribution is -2.31. The molecular weight excluding hydrogens is 277 g/mol. The molecule has 21 heavy (non-hydrogen) atoms. The number of carbonyl (C=O) groups excluding carboxylic acids is 1. The average molecular weight is 307 g/mol. The van der Waals surface area contributed by atoms with Gasteiger partial charge in [-0.25, -0.2) is 0 Å². The molecule has 1 rings (SSSR count). The molecule has 0 heterocycles. The van der Waals surface area contributed by atoms with Gasteiger partial charge in [-0.2, -0.15) is 0 Å². The summed E-state index contributed by atoms with van der Waals surface area (Å²) in [4.78, 5) is 12.5. The fourth-order valence-electron chi connectivity index (χ4n) is 2.81. The number of benzene rings is 1. The van der Waals surface area contributed by atoms with Crippen molar-refractivity contribution in [3.05, 3.63) is 29.3 Å². The van der Waals surface area contributed by atoms with Crippen LogP contribution in [0.1, 0.15) is 52.7 Å². The summed E-state index contributed by atoms with van der Waals surface area (Å²) in [7, 11) is -0.410. The Morgan fingerprint density at radius 3 is 1.81 bits per heavy atom. The third-order valence-corrected chi connectivity index (χ3v) is 7.51. The molecular formula is C18H30NOP. The second-order valence-corrected chi connectivity index (χ2v) is 11.6. The molecule has 0 unspecified atom stereocenters. The van der Waals surface area contributed by atoms with Crippen LogP contribution in [-0.4, -0.2) is 22.4 Å². The smallest absolute Gasteiger partial charge is 0.228 e. The summed E-state index contributed by atoms with van der Waals surface area (Å²) in [5.41, 5.74) is 3.22. The highest BCUT2D eigenvalue weighted by Gasteiger charge is 2.35. The van der Waals surface area contributed by atoms with Gasteiger partial charge < -0.3 is 5.32 Å². The molecule has 0 aliphatic rings. The maximum absolute atomic E-state index is 12.5. The molecule has 0 saturated carbocycles. The van der Waals surface area contributed by atoms with Gasteiger partial charge in [0.05, 0.1) is 0 Å². The van der Waals surface area contributed by atoms with E-state index in [2.05, 4.69) is 46.9 Å². The Hall–Kier alpha value is -0.880. The first kappa shape index (κ1) is 18.2. The van der Waals surface area contributed by atoms with E-state index < -0.39 is 7.92 Å². The van der Waals surface area contributed by atoms with Crippen molar-refractivity contribution < 1.29 is 4.79 Å². The Balaban J connectivity index is 2.90. The van der Waals surface area contributed by atoms with E-state index in [4.69, 9.17) is 0 Å². The first-order valence-electron chi connectivity index (χ1n) is 7.57. The molecule has 1 amide bonds. The average Bonchev–Trinajstić information content (AvgIpc) is 2.28. The lowest BCUT2D eigenvalue weighted by atomic mass is 10.1. The van der Waals surface area contributed by atoms with Gasteiger partial charge in [-0.1, -0.05) is 67.7 Å². The molecule has 0 radical (unpaired) electrons. The lowest BCUT2D eigenvalue weighted by molar-refractivity contribution is -0.113. The zero-order valence-electron chi connectivity index (χ0n) is 14.8. The standard InChI is InChI=1S/C18H30NOP/c1-13-10-9-11-14(2)16(13)19-15(20)12-21(17(3,4)5)18(6,7)8/h9-11H,12H2,1-8H3,(H,19,20). The molecule has 0 aromatic heterocycles. The molecule has 0 fully saturated rings. The molecule has 1 aromatic rings. The highest BCUT2D eigenvalue weighted by atomic mass is 31.1. The second-order valence-electron chi connectivity index (χ2n) is 7.74. The molecule has 0 bridgehead atoms. The van der Waals surface area contributed by atoms with Gasteiger partial charge in [-0.15, -0.1) is 0 Å². The molecule has 2 nitrogen and oxygen atoms in total. The van der Waals surface area contributed by atoms with Crippen LogP contribution < -0.4 is 5.32 Å². The van der Waals surface area contributed by atoms with Gasteiger partial charge in [0, 0.05) is 11.8 Å². The zero-order valence-corrected chi connectivity index (χ0v) is 15.7. The molecule has 0 aliphatic carbocycles. The van der Waals surface area contributed by atoms with Crippen molar-refractivity contribution >= 4 is 19.5 Å². The molecule has 1 N–H and O–H groups in total. The van der Waals surface area contributed by atoms with Crippen LogP contribution in [0.25, 0.3) is 0 Å². The van der Waals surface area contributed by atoms with Crippen molar-refractivity contribution in [2.24, 2.45) is 0 Å². The second kappa shape index (κ2) is 6.48. The number of amides is 1. The van der Waals surface area contributed by atoms with Crippen molar-refractivity contribution in [1.29, 1.82) is 0 Å². The summed E-state index contributed by atoms with van der Waals surface area (Å²) in [6.45, 7) is 17.6. The SMILES string of the molecule is Cc1cccc(C)c1NC(=O)CP(C(C)(C)C)C(C)(C)C. The zero-order chi connectivity index (χ0) is 16.4. The highest BCUT2D eigenvalue weighted by molar-refractivity contribution is 7.61. The van der Waals surface area contributed by atoms with E-state index >= 15 is 0 Å². The summed E-state index contributed by atoms with van der Waals surface area (Å²) in [6, 6.07) is 6.11. The first-order chi connectivity index (χ1) is 9.43. The van der Waals surface area contributed by atoms with Crippen LogP contribution in [0.5, 0.6) is 0 Å².